The van der Waals surface area contributed by atoms with Gasteiger partial charge >= 0.3 is 0 Å². The van der Waals surface area contributed by atoms with Crippen LogP contribution >= 0.6 is 0 Å². The van der Waals surface area contributed by atoms with Crippen LogP contribution < -0.4 is 21.9 Å². The normalized spacial score (nSPS) is 9.84. The molecule has 7 heteroatoms. The van der Waals surface area contributed by atoms with E-state index in [4.69, 9.17) is 5.84 Å². The second kappa shape index (κ2) is 7.32. The number of benzene rings is 1. The van der Waals surface area contributed by atoms with Gasteiger partial charge in [-0.25, -0.2) is 4.39 Å². The Morgan fingerprint density at radius 3 is 2.68 bits per heavy atom. The molecule has 0 aliphatic carbocycles. The molecule has 1 aromatic rings. The molecule has 0 aliphatic rings. The van der Waals surface area contributed by atoms with Crippen LogP contribution in [0.2, 0.25) is 0 Å². The van der Waals surface area contributed by atoms with Gasteiger partial charge in [-0.15, -0.1) is 0 Å². The highest BCUT2D eigenvalue weighted by Crippen LogP contribution is 2.18. The number of carbonyl (C=O) groups is 2. The summed E-state index contributed by atoms with van der Waals surface area (Å²) < 4.78 is 13.4. The van der Waals surface area contributed by atoms with Crippen LogP contribution in [0.25, 0.3) is 0 Å². The lowest BCUT2D eigenvalue weighted by molar-refractivity contribution is -0.120. The minimum Gasteiger partial charge on any atom is -0.355 e. The van der Waals surface area contributed by atoms with Crippen molar-refractivity contribution in [1.29, 1.82) is 0 Å². The Kier molecular flexibility index (Phi) is 5.74. The molecule has 5 N–H and O–H groups in total. The predicted molar refractivity (Wildman–Crippen MR) is 69.8 cm³/mol. The number of anilines is 1. The average molecular weight is 268 g/mol. The molecule has 0 aliphatic heterocycles. The summed E-state index contributed by atoms with van der Waals surface area (Å²) in [4.78, 5) is 23.1. The summed E-state index contributed by atoms with van der Waals surface area (Å²) in [5.41, 5.74) is 2.07. The molecule has 0 unspecified atom stereocenters. The molecule has 104 valence electrons. The molecule has 0 bridgehead atoms. The zero-order valence-corrected chi connectivity index (χ0v) is 10.6. The van der Waals surface area contributed by atoms with Crippen molar-refractivity contribution in [3.8, 4) is 0 Å². The van der Waals surface area contributed by atoms with E-state index in [1.165, 1.54) is 18.2 Å². The van der Waals surface area contributed by atoms with Crippen molar-refractivity contribution in [2.45, 2.75) is 13.3 Å². The number of halogens is 1. The Bertz CT molecular complexity index is 465. The lowest BCUT2D eigenvalue weighted by Gasteiger charge is -2.10. The van der Waals surface area contributed by atoms with E-state index < -0.39 is 11.7 Å². The van der Waals surface area contributed by atoms with Gasteiger partial charge in [0.2, 0.25) is 5.91 Å². The molecule has 0 heterocycles. The van der Waals surface area contributed by atoms with Crippen molar-refractivity contribution >= 4 is 17.5 Å². The predicted octanol–water partition coefficient (Wildman–Crippen LogP) is 0.367. The number of hydrazine groups is 1. The number of nitrogens with one attached hydrogen (secondary N) is 3. The number of carbonyl (C=O) groups excluding carboxylic acids is 2. The fourth-order valence-electron chi connectivity index (χ4n) is 1.44. The van der Waals surface area contributed by atoms with Gasteiger partial charge in [0.05, 0.1) is 17.8 Å². The smallest absolute Gasteiger partial charge is 0.253 e. The monoisotopic (exact) mass is 268 g/mol. The van der Waals surface area contributed by atoms with Crippen molar-refractivity contribution in [3.63, 3.8) is 0 Å². The quantitative estimate of drug-likeness (QED) is 0.442. The number of rotatable bonds is 6. The molecule has 0 spiro atoms. The van der Waals surface area contributed by atoms with E-state index in [1.54, 1.807) is 0 Å². The molecular weight excluding hydrogens is 251 g/mol. The zero-order valence-electron chi connectivity index (χ0n) is 10.6. The van der Waals surface area contributed by atoms with Crippen LogP contribution in [0.15, 0.2) is 18.2 Å². The minimum atomic E-state index is -0.634. The number of nitrogens with two attached hydrogens (primary N) is 1. The molecular formula is C12H17FN4O2. The van der Waals surface area contributed by atoms with Crippen LogP contribution in [0.5, 0.6) is 0 Å². The average Bonchev–Trinajstić information content (AvgIpc) is 2.42. The third kappa shape index (κ3) is 4.22. The largest absolute Gasteiger partial charge is 0.355 e. The number of amides is 2. The Hall–Kier alpha value is -2.15. The molecule has 0 fully saturated rings. The van der Waals surface area contributed by atoms with E-state index in [2.05, 4.69) is 16.1 Å². The first-order valence-corrected chi connectivity index (χ1v) is 5.90. The number of para-hydroxylation sites is 1. The van der Waals surface area contributed by atoms with E-state index in [9.17, 15) is 14.0 Å². The van der Waals surface area contributed by atoms with Crippen LogP contribution in [0.4, 0.5) is 10.1 Å². The fraction of sp³-hybridized carbons (Fsp3) is 0.333. The van der Waals surface area contributed by atoms with Gasteiger partial charge < -0.3 is 16.1 Å². The third-order valence-corrected chi connectivity index (χ3v) is 2.38. The SMILES string of the molecule is CCCNC(=O)CNC(=O)c1cccc(F)c1NN. The Labute approximate surface area is 110 Å². The Morgan fingerprint density at radius 1 is 1.32 bits per heavy atom. The summed E-state index contributed by atoms with van der Waals surface area (Å²) in [5, 5.41) is 5.01. The summed E-state index contributed by atoms with van der Waals surface area (Å²) in [6.45, 7) is 2.30. The first kappa shape index (κ1) is 14.9. The van der Waals surface area contributed by atoms with E-state index in [1.807, 2.05) is 6.92 Å². The van der Waals surface area contributed by atoms with Gasteiger partial charge in [0.25, 0.3) is 5.91 Å². The number of nitrogen functional groups attached to an aromatic ring is 1. The van der Waals surface area contributed by atoms with Gasteiger partial charge in [-0.05, 0) is 18.6 Å². The van der Waals surface area contributed by atoms with E-state index >= 15 is 0 Å². The molecule has 6 nitrogen and oxygen atoms in total. The molecule has 2 amide bonds. The Morgan fingerprint density at radius 2 is 2.05 bits per heavy atom. The second-order valence-corrected chi connectivity index (χ2v) is 3.84. The van der Waals surface area contributed by atoms with Gasteiger partial charge in [-0.3, -0.25) is 15.4 Å². The van der Waals surface area contributed by atoms with Crippen molar-refractivity contribution in [1.82, 2.24) is 10.6 Å². The summed E-state index contributed by atoms with van der Waals surface area (Å²) in [6, 6.07) is 3.99. The molecule has 0 aromatic heterocycles. The van der Waals surface area contributed by atoms with Gasteiger partial charge in [-0.1, -0.05) is 13.0 Å². The summed E-state index contributed by atoms with van der Waals surface area (Å²) in [7, 11) is 0. The first-order valence-electron chi connectivity index (χ1n) is 5.90. The number of hydrogen-bond donors (Lipinski definition) is 4. The topological polar surface area (TPSA) is 96.2 Å². The van der Waals surface area contributed by atoms with Gasteiger partial charge in [-0.2, -0.15) is 0 Å². The van der Waals surface area contributed by atoms with E-state index in [0.717, 1.165) is 6.42 Å². The lowest BCUT2D eigenvalue weighted by atomic mass is 10.1. The second-order valence-electron chi connectivity index (χ2n) is 3.84. The van der Waals surface area contributed by atoms with Crippen LogP contribution in [-0.2, 0) is 4.79 Å². The van der Waals surface area contributed by atoms with Crippen molar-refractivity contribution in [2.75, 3.05) is 18.5 Å². The summed E-state index contributed by atoms with van der Waals surface area (Å²) >= 11 is 0. The van der Waals surface area contributed by atoms with E-state index in [0.29, 0.717) is 6.54 Å². The van der Waals surface area contributed by atoms with Crippen LogP contribution in [-0.4, -0.2) is 24.9 Å². The van der Waals surface area contributed by atoms with Gasteiger partial charge in [0.1, 0.15) is 5.82 Å². The molecule has 0 saturated heterocycles. The maximum absolute atomic E-state index is 13.4. The minimum absolute atomic E-state index is 0.0470. The first-order chi connectivity index (χ1) is 9.10. The van der Waals surface area contributed by atoms with Gasteiger partial charge in [0, 0.05) is 6.54 Å². The highest BCUT2D eigenvalue weighted by Gasteiger charge is 2.14. The third-order valence-electron chi connectivity index (χ3n) is 2.38. The molecule has 0 radical (unpaired) electrons. The summed E-state index contributed by atoms with van der Waals surface area (Å²) in [6.07, 6.45) is 0.810. The zero-order chi connectivity index (χ0) is 14.3. The molecule has 0 saturated carbocycles. The molecule has 19 heavy (non-hydrogen) atoms. The van der Waals surface area contributed by atoms with Crippen LogP contribution in [0, 0.1) is 5.82 Å². The summed E-state index contributed by atoms with van der Waals surface area (Å²) in [5.74, 6) is 3.66. The van der Waals surface area contributed by atoms with Crippen molar-refractivity contribution in [2.24, 2.45) is 5.84 Å². The maximum Gasteiger partial charge on any atom is 0.253 e. The van der Waals surface area contributed by atoms with E-state index in [-0.39, 0.29) is 23.7 Å². The number of hydrogen-bond acceptors (Lipinski definition) is 4. The fourth-order valence-corrected chi connectivity index (χ4v) is 1.44. The standard InChI is InChI=1S/C12H17FN4O2/c1-2-6-15-10(18)7-16-12(19)8-4-3-5-9(13)11(8)17-14/h3-5,17H,2,6-7,14H2,1H3,(H,15,18)(H,16,19). The van der Waals surface area contributed by atoms with Crippen molar-refractivity contribution < 1.29 is 14.0 Å². The van der Waals surface area contributed by atoms with Crippen LogP contribution in [0.1, 0.15) is 23.7 Å². The van der Waals surface area contributed by atoms with Gasteiger partial charge in [0.15, 0.2) is 0 Å². The highest BCUT2D eigenvalue weighted by molar-refractivity contribution is 6.01. The van der Waals surface area contributed by atoms with Crippen LogP contribution in [0.3, 0.4) is 0 Å². The Balaban J connectivity index is 2.64. The molecule has 1 aromatic carbocycles. The highest BCUT2D eigenvalue weighted by atomic mass is 19.1. The molecule has 0 atom stereocenters. The van der Waals surface area contributed by atoms with Crippen molar-refractivity contribution in [3.05, 3.63) is 29.6 Å². The maximum atomic E-state index is 13.4. The molecule has 1 rings (SSSR count). The lowest BCUT2D eigenvalue weighted by Crippen LogP contribution is -2.37.